The molecule has 2 atom stereocenters. The largest absolute Gasteiger partial charge is 0.388 e. The maximum absolute atomic E-state index is 13.8. The summed E-state index contributed by atoms with van der Waals surface area (Å²) in [5.41, 5.74) is -0.229. The van der Waals surface area contributed by atoms with E-state index in [9.17, 15) is 13.9 Å². The van der Waals surface area contributed by atoms with Crippen molar-refractivity contribution in [3.8, 4) is 0 Å². The lowest BCUT2D eigenvalue weighted by atomic mass is 9.89. The number of halogens is 3. The third-order valence-corrected chi connectivity index (χ3v) is 3.77. The molecule has 1 fully saturated rings. The first kappa shape index (κ1) is 12.9. The Balaban J connectivity index is 2.29. The van der Waals surface area contributed by atoms with E-state index in [1.807, 2.05) is 0 Å². The van der Waals surface area contributed by atoms with E-state index in [0.29, 0.717) is 6.54 Å². The predicted molar refractivity (Wildman–Crippen MR) is 64.6 cm³/mol. The van der Waals surface area contributed by atoms with Crippen LogP contribution in [0.15, 0.2) is 16.6 Å². The molecule has 0 saturated carbocycles. The van der Waals surface area contributed by atoms with Crippen LogP contribution in [0.1, 0.15) is 24.5 Å². The minimum atomic E-state index is -1.10. The van der Waals surface area contributed by atoms with Crippen LogP contribution < -0.4 is 5.32 Å². The Bertz CT molecular complexity index is 408. The van der Waals surface area contributed by atoms with Gasteiger partial charge in [-0.15, -0.1) is 0 Å². The van der Waals surface area contributed by atoms with E-state index in [1.54, 1.807) is 0 Å². The van der Waals surface area contributed by atoms with Crippen LogP contribution in [-0.2, 0) is 0 Å². The molecule has 1 heterocycles. The van der Waals surface area contributed by atoms with Gasteiger partial charge in [0.15, 0.2) is 0 Å². The fourth-order valence-electron chi connectivity index (χ4n) is 2.20. The highest BCUT2D eigenvalue weighted by Gasteiger charge is 2.28. The summed E-state index contributed by atoms with van der Waals surface area (Å²) >= 11 is 3.00. The maximum atomic E-state index is 13.8. The van der Waals surface area contributed by atoms with Gasteiger partial charge in [0.1, 0.15) is 11.6 Å². The SMILES string of the molecule is OC(c1c(F)ccc(Br)c1F)C1CCCNC1. The second kappa shape index (κ2) is 5.42. The molecule has 0 aromatic heterocycles. The van der Waals surface area contributed by atoms with Gasteiger partial charge in [0.25, 0.3) is 0 Å². The van der Waals surface area contributed by atoms with Crippen molar-refractivity contribution in [2.24, 2.45) is 5.92 Å². The zero-order valence-corrected chi connectivity index (χ0v) is 10.8. The lowest BCUT2D eigenvalue weighted by Crippen LogP contribution is -2.33. The monoisotopic (exact) mass is 305 g/mol. The molecule has 1 aromatic rings. The Hall–Kier alpha value is -0.520. The third-order valence-electron chi connectivity index (χ3n) is 3.16. The zero-order valence-electron chi connectivity index (χ0n) is 9.22. The average Bonchev–Trinajstić information content (AvgIpc) is 2.35. The van der Waals surface area contributed by atoms with Crippen LogP contribution in [0.25, 0.3) is 0 Å². The number of hydrogen-bond acceptors (Lipinski definition) is 2. The first-order chi connectivity index (χ1) is 8.11. The molecule has 1 aliphatic rings. The summed E-state index contributed by atoms with van der Waals surface area (Å²) in [5.74, 6) is -1.53. The molecular formula is C12H14BrF2NO. The van der Waals surface area contributed by atoms with Crippen LogP contribution in [0.5, 0.6) is 0 Å². The van der Waals surface area contributed by atoms with E-state index in [0.717, 1.165) is 19.4 Å². The summed E-state index contributed by atoms with van der Waals surface area (Å²) in [6.07, 6.45) is 0.596. The van der Waals surface area contributed by atoms with Crippen LogP contribution in [0.2, 0.25) is 0 Å². The summed E-state index contributed by atoms with van der Waals surface area (Å²) < 4.78 is 27.6. The number of hydrogen-bond donors (Lipinski definition) is 2. The standard InChI is InChI=1S/C12H14BrF2NO/c13-8-3-4-9(14)10(11(8)15)12(17)7-2-1-5-16-6-7/h3-4,7,12,16-17H,1-2,5-6H2. The van der Waals surface area contributed by atoms with E-state index >= 15 is 0 Å². The maximum Gasteiger partial charge on any atom is 0.146 e. The second-order valence-corrected chi connectivity index (χ2v) is 5.16. The number of benzene rings is 1. The Kier molecular flexibility index (Phi) is 4.12. The van der Waals surface area contributed by atoms with Gasteiger partial charge in [-0.3, -0.25) is 0 Å². The molecular weight excluding hydrogens is 292 g/mol. The number of nitrogens with one attached hydrogen (secondary N) is 1. The van der Waals surface area contributed by atoms with E-state index < -0.39 is 17.7 Å². The highest BCUT2D eigenvalue weighted by atomic mass is 79.9. The fraction of sp³-hybridized carbons (Fsp3) is 0.500. The highest BCUT2D eigenvalue weighted by molar-refractivity contribution is 9.10. The van der Waals surface area contributed by atoms with Crippen molar-refractivity contribution in [1.82, 2.24) is 5.32 Å². The van der Waals surface area contributed by atoms with E-state index in [2.05, 4.69) is 21.2 Å². The van der Waals surface area contributed by atoms with Crippen LogP contribution in [0, 0.1) is 17.6 Å². The lowest BCUT2D eigenvalue weighted by Gasteiger charge is -2.28. The molecule has 2 unspecified atom stereocenters. The van der Waals surface area contributed by atoms with Crippen molar-refractivity contribution in [2.75, 3.05) is 13.1 Å². The number of piperidine rings is 1. The lowest BCUT2D eigenvalue weighted by molar-refractivity contribution is 0.0851. The summed E-state index contributed by atoms with van der Waals surface area (Å²) in [5, 5.41) is 13.2. The molecule has 0 amide bonds. The molecule has 1 aliphatic heterocycles. The van der Waals surface area contributed by atoms with Crippen LogP contribution in [0.4, 0.5) is 8.78 Å². The molecule has 17 heavy (non-hydrogen) atoms. The molecule has 5 heteroatoms. The van der Waals surface area contributed by atoms with Crippen molar-refractivity contribution in [1.29, 1.82) is 0 Å². The van der Waals surface area contributed by atoms with E-state index in [-0.39, 0.29) is 16.0 Å². The van der Waals surface area contributed by atoms with Gasteiger partial charge in [-0.1, -0.05) is 0 Å². The van der Waals surface area contributed by atoms with E-state index in [4.69, 9.17) is 0 Å². The average molecular weight is 306 g/mol. The minimum absolute atomic E-state index is 0.137. The number of aliphatic hydroxyl groups is 1. The van der Waals surface area contributed by atoms with Gasteiger partial charge in [-0.05, 0) is 47.4 Å². The van der Waals surface area contributed by atoms with Crippen LogP contribution >= 0.6 is 15.9 Å². The fourth-order valence-corrected chi connectivity index (χ4v) is 2.54. The predicted octanol–water partition coefficient (Wildman–Crippen LogP) is 2.76. The van der Waals surface area contributed by atoms with Crippen LogP contribution in [0.3, 0.4) is 0 Å². The van der Waals surface area contributed by atoms with Gasteiger partial charge >= 0.3 is 0 Å². The van der Waals surface area contributed by atoms with Gasteiger partial charge < -0.3 is 10.4 Å². The molecule has 94 valence electrons. The molecule has 2 rings (SSSR count). The van der Waals surface area contributed by atoms with Gasteiger partial charge in [0, 0.05) is 12.5 Å². The molecule has 2 N–H and O–H groups in total. The molecule has 0 spiro atoms. The second-order valence-electron chi connectivity index (χ2n) is 4.31. The molecule has 1 aromatic carbocycles. The Labute approximate surface area is 107 Å². The third kappa shape index (κ3) is 2.67. The van der Waals surface area contributed by atoms with Crippen molar-refractivity contribution in [3.05, 3.63) is 33.8 Å². The zero-order chi connectivity index (χ0) is 12.4. The topological polar surface area (TPSA) is 32.3 Å². The Morgan fingerprint density at radius 1 is 1.41 bits per heavy atom. The summed E-state index contributed by atoms with van der Waals surface area (Å²) in [7, 11) is 0. The smallest absolute Gasteiger partial charge is 0.146 e. The van der Waals surface area contributed by atoms with Gasteiger partial charge in [0.05, 0.1) is 16.1 Å². The van der Waals surface area contributed by atoms with Crippen LogP contribution in [-0.4, -0.2) is 18.2 Å². The Morgan fingerprint density at radius 2 is 2.18 bits per heavy atom. The quantitative estimate of drug-likeness (QED) is 0.824. The first-order valence-corrected chi connectivity index (χ1v) is 6.42. The van der Waals surface area contributed by atoms with Crippen molar-refractivity contribution in [3.63, 3.8) is 0 Å². The Morgan fingerprint density at radius 3 is 2.82 bits per heavy atom. The number of aliphatic hydroxyl groups excluding tert-OH is 1. The van der Waals surface area contributed by atoms with Gasteiger partial charge in [-0.25, -0.2) is 8.78 Å². The first-order valence-electron chi connectivity index (χ1n) is 5.63. The minimum Gasteiger partial charge on any atom is -0.388 e. The van der Waals surface area contributed by atoms with Gasteiger partial charge in [0.2, 0.25) is 0 Å². The molecule has 2 nitrogen and oxygen atoms in total. The van der Waals surface area contributed by atoms with Crippen molar-refractivity contribution in [2.45, 2.75) is 18.9 Å². The van der Waals surface area contributed by atoms with Gasteiger partial charge in [-0.2, -0.15) is 0 Å². The normalized spacial score (nSPS) is 22.5. The highest BCUT2D eigenvalue weighted by Crippen LogP contribution is 2.33. The molecule has 0 radical (unpaired) electrons. The summed E-state index contributed by atoms with van der Waals surface area (Å²) in [6.45, 7) is 1.49. The van der Waals surface area contributed by atoms with E-state index in [1.165, 1.54) is 12.1 Å². The summed E-state index contributed by atoms with van der Waals surface area (Å²) in [4.78, 5) is 0. The molecule has 1 saturated heterocycles. The molecule has 0 aliphatic carbocycles. The summed E-state index contributed by atoms with van der Waals surface area (Å²) in [6, 6.07) is 2.47. The van der Waals surface area contributed by atoms with Crippen molar-refractivity contribution < 1.29 is 13.9 Å². The number of rotatable bonds is 2. The molecule has 0 bridgehead atoms. The van der Waals surface area contributed by atoms with Crippen molar-refractivity contribution >= 4 is 15.9 Å².